The third-order valence-electron chi connectivity index (χ3n) is 2.80. The van der Waals surface area contributed by atoms with Crippen molar-refractivity contribution in [2.45, 2.75) is 25.9 Å². The van der Waals surface area contributed by atoms with Gasteiger partial charge in [-0.25, -0.2) is 0 Å². The van der Waals surface area contributed by atoms with Gasteiger partial charge in [0.05, 0.1) is 11.7 Å². The van der Waals surface area contributed by atoms with Crippen LogP contribution in [0.3, 0.4) is 0 Å². The van der Waals surface area contributed by atoms with Gasteiger partial charge in [-0.3, -0.25) is 4.68 Å². The van der Waals surface area contributed by atoms with Crippen molar-refractivity contribution >= 4 is 15.9 Å². The van der Waals surface area contributed by atoms with E-state index in [1.165, 1.54) is 5.56 Å². The van der Waals surface area contributed by atoms with E-state index < -0.39 is 0 Å². The molecule has 0 bridgehead atoms. The second-order valence-corrected chi connectivity index (χ2v) is 4.92. The van der Waals surface area contributed by atoms with Crippen LogP contribution in [0.15, 0.2) is 41.0 Å². The number of aryl methyl sites for hydroxylation is 1. The molecule has 0 spiro atoms. The average molecular weight is 294 g/mol. The number of benzene rings is 1. The molecule has 2 N–H and O–H groups in total. The Labute approximate surface area is 110 Å². The van der Waals surface area contributed by atoms with Crippen LogP contribution in [0.25, 0.3) is 0 Å². The maximum atomic E-state index is 6.21. The smallest absolute Gasteiger partial charge is 0.0554 e. The van der Waals surface area contributed by atoms with E-state index in [1.54, 1.807) is 6.20 Å². The summed E-state index contributed by atoms with van der Waals surface area (Å²) < 4.78 is 3.04. The van der Waals surface area contributed by atoms with Crippen molar-refractivity contribution in [2.75, 3.05) is 0 Å². The normalized spacial score (nSPS) is 12.6. The zero-order chi connectivity index (χ0) is 12.3. The van der Waals surface area contributed by atoms with Crippen molar-refractivity contribution in [3.05, 3.63) is 52.3 Å². The van der Waals surface area contributed by atoms with E-state index in [2.05, 4.69) is 40.1 Å². The maximum absolute atomic E-state index is 6.21. The van der Waals surface area contributed by atoms with Gasteiger partial charge in [0.1, 0.15) is 0 Å². The molecule has 0 saturated carbocycles. The third-order valence-corrected chi connectivity index (χ3v) is 3.33. The van der Waals surface area contributed by atoms with Gasteiger partial charge < -0.3 is 5.73 Å². The Morgan fingerprint density at radius 2 is 2.00 bits per heavy atom. The molecule has 0 fully saturated rings. The van der Waals surface area contributed by atoms with Gasteiger partial charge in [0, 0.05) is 17.2 Å². The molecule has 2 aromatic rings. The molecular formula is C13H16BrN3. The number of aromatic nitrogens is 2. The minimum atomic E-state index is -0.00127. The van der Waals surface area contributed by atoms with Gasteiger partial charge in [0.2, 0.25) is 0 Å². The van der Waals surface area contributed by atoms with Crippen molar-refractivity contribution in [1.82, 2.24) is 9.78 Å². The monoisotopic (exact) mass is 293 g/mol. The Balaban J connectivity index is 2.11. The van der Waals surface area contributed by atoms with Crippen LogP contribution in [0.5, 0.6) is 0 Å². The molecule has 0 aliphatic rings. The van der Waals surface area contributed by atoms with Crippen molar-refractivity contribution < 1.29 is 0 Å². The molecule has 1 unspecified atom stereocenters. The molecule has 1 aromatic carbocycles. The van der Waals surface area contributed by atoms with Crippen LogP contribution >= 0.6 is 15.9 Å². The molecule has 1 atom stereocenters. The summed E-state index contributed by atoms with van der Waals surface area (Å²) in [5.74, 6) is 0. The van der Waals surface area contributed by atoms with Crippen molar-refractivity contribution in [1.29, 1.82) is 0 Å². The SMILES string of the molecule is CCn1nccc1C(N)Cc1ccc(Br)cc1. The van der Waals surface area contributed by atoms with Gasteiger partial charge in [0.15, 0.2) is 0 Å². The summed E-state index contributed by atoms with van der Waals surface area (Å²) in [7, 11) is 0. The molecule has 0 amide bonds. The highest BCUT2D eigenvalue weighted by atomic mass is 79.9. The molecule has 3 nitrogen and oxygen atoms in total. The van der Waals surface area contributed by atoms with E-state index in [0.717, 1.165) is 23.1 Å². The van der Waals surface area contributed by atoms with E-state index in [-0.39, 0.29) is 6.04 Å². The number of halogens is 1. The minimum absolute atomic E-state index is 0.00127. The molecular weight excluding hydrogens is 278 g/mol. The molecule has 17 heavy (non-hydrogen) atoms. The van der Waals surface area contributed by atoms with E-state index in [9.17, 15) is 0 Å². The number of hydrogen-bond acceptors (Lipinski definition) is 2. The zero-order valence-electron chi connectivity index (χ0n) is 9.81. The first kappa shape index (κ1) is 12.3. The molecule has 2 rings (SSSR count). The molecule has 0 aliphatic carbocycles. The lowest BCUT2D eigenvalue weighted by Gasteiger charge is -2.13. The van der Waals surface area contributed by atoms with Crippen molar-refractivity contribution in [3.8, 4) is 0 Å². The standard InChI is InChI=1S/C13H16BrN3/c1-2-17-13(7-8-16-17)12(15)9-10-3-5-11(14)6-4-10/h3-8,12H,2,9,15H2,1H3. The Bertz CT molecular complexity index is 476. The van der Waals surface area contributed by atoms with Gasteiger partial charge in [0.25, 0.3) is 0 Å². The summed E-state index contributed by atoms with van der Waals surface area (Å²) >= 11 is 3.43. The first-order chi connectivity index (χ1) is 8.20. The molecule has 0 radical (unpaired) electrons. The number of hydrogen-bond donors (Lipinski definition) is 1. The quantitative estimate of drug-likeness (QED) is 0.942. The summed E-state index contributed by atoms with van der Waals surface area (Å²) in [6.45, 7) is 2.93. The van der Waals surface area contributed by atoms with Crippen LogP contribution in [-0.2, 0) is 13.0 Å². The highest BCUT2D eigenvalue weighted by molar-refractivity contribution is 9.10. The van der Waals surface area contributed by atoms with Gasteiger partial charge in [-0.1, -0.05) is 28.1 Å². The van der Waals surface area contributed by atoms with Crippen LogP contribution in [0.1, 0.15) is 24.2 Å². The highest BCUT2D eigenvalue weighted by Gasteiger charge is 2.11. The number of nitrogens with two attached hydrogens (primary N) is 1. The predicted molar refractivity (Wildman–Crippen MR) is 72.7 cm³/mol. The lowest BCUT2D eigenvalue weighted by atomic mass is 10.0. The summed E-state index contributed by atoms with van der Waals surface area (Å²) in [5.41, 5.74) is 8.55. The largest absolute Gasteiger partial charge is 0.322 e. The second-order valence-electron chi connectivity index (χ2n) is 4.01. The summed E-state index contributed by atoms with van der Waals surface area (Å²) in [6, 6.07) is 10.3. The Hall–Kier alpha value is -1.13. The van der Waals surface area contributed by atoms with Crippen LogP contribution < -0.4 is 5.73 Å². The average Bonchev–Trinajstić information content (AvgIpc) is 2.80. The lowest BCUT2D eigenvalue weighted by molar-refractivity contribution is 0.568. The minimum Gasteiger partial charge on any atom is -0.322 e. The number of rotatable bonds is 4. The third kappa shape index (κ3) is 2.96. The second kappa shape index (κ2) is 5.47. The Kier molecular flexibility index (Phi) is 3.97. The molecule has 0 saturated heterocycles. The van der Waals surface area contributed by atoms with Crippen LogP contribution in [0.4, 0.5) is 0 Å². The molecule has 90 valence electrons. The van der Waals surface area contributed by atoms with Crippen molar-refractivity contribution in [2.24, 2.45) is 5.73 Å². The fourth-order valence-electron chi connectivity index (χ4n) is 1.90. The zero-order valence-corrected chi connectivity index (χ0v) is 11.4. The summed E-state index contributed by atoms with van der Waals surface area (Å²) in [6.07, 6.45) is 2.64. The topological polar surface area (TPSA) is 43.8 Å². The van der Waals surface area contributed by atoms with Crippen LogP contribution in [0, 0.1) is 0 Å². The maximum Gasteiger partial charge on any atom is 0.0554 e. The van der Waals surface area contributed by atoms with E-state index in [1.807, 2.05) is 22.9 Å². The Morgan fingerprint density at radius 3 is 2.65 bits per heavy atom. The lowest BCUT2D eigenvalue weighted by Crippen LogP contribution is -2.18. The van der Waals surface area contributed by atoms with Crippen LogP contribution in [-0.4, -0.2) is 9.78 Å². The van der Waals surface area contributed by atoms with Gasteiger partial charge in [-0.05, 0) is 37.1 Å². The number of nitrogens with zero attached hydrogens (tertiary/aromatic N) is 2. The molecule has 0 aliphatic heterocycles. The summed E-state index contributed by atoms with van der Waals surface area (Å²) in [5, 5.41) is 4.24. The summed E-state index contributed by atoms with van der Waals surface area (Å²) in [4.78, 5) is 0. The highest BCUT2D eigenvalue weighted by Crippen LogP contribution is 2.17. The van der Waals surface area contributed by atoms with E-state index in [4.69, 9.17) is 5.73 Å². The van der Waals surface area contributed by atoms with Gasteiger partial charge >= 0.3 is 0 Å². The fourth-order valence-corrected chi connectivity index (χ4v) is 2.17. The Morgan fingerprint density at radius 1 is 1.29 bits per heavy atom. The van der Waals surface area contributed by atoms with E-state index >= 15 is 0 Å². The van der Waals surface area contributed by atoms with Crippen LogP contribution in [0.2, 0.25) is 0 Å². The predicted octanol–water partition coefficient (Wildman–Crippen LogP) is 2.91. The molecule has 4 heteroatoms. The first-order valence-electron chi connectivity index (χ1n) is 5.72. The van der Waals surface area contributed by atoms with Crippen molar-refractivity contribution in [3.63, 3.8) is 0 Å². The first-order valence-corrected chi connectivity index (χ1v) is 6.51. The van der Waals surface area contributed by atoms with Gasteiger partial charge in [-0.2, -0.15) is 5.10 Å². The molecule has 1 heterocycles. The fraction of sp³-hybridized carbons (Fsp3) is 0.308. The molecule has 1 aromatic heterocycles. The van der Waals surface area contributed by atoms with E-state index in [0.29, 0.717) is 0 Å². The van der Waals surface area contributed by atoms with Gasteiger partial charge in [-0.15, -0.1) is 0 Å².